The Morgan fingerprint density at radius 1 is 1.04 bits per heavy atom. The van der Waals surface area contributed by atoms with Gasteiger partial charge >= 0.3 is 0 Å². The first-order valence-corrected chi connectivity index (χ1v) is 10.1. The highest BCUT2D eigenvalue weighted by Crippen LogP contribution is 2.32. The molecule has 28 heavy (non-hydrogen) atoms. The van der Waals surface area contributed by atoms with Crippen LogP contribution in [0.25, 0.3) is 11.3 Å². The highest BCUT2D eigenvalue weighted by molar-refractivity contribution is 5.79. The van der Waals surface area contributed by atoms with E-state index in [1.54, 1.807) is 18.2 Å². The van der Waals surface area contributed by atoms with E-state index in [9.17, 15) is 9.90 Å². The zero-order valence-corrected chi connectivity index (χ0v) is 16.0. The maximum atomic E-state index is 12.8. The molecule has 0 spiro atoms. The van der Waals surface area contributed by atoms with Crippen molar-refractivity contribution in [1.82, 2.24) is 15.1 Å². The van der Waals surface area contributed by atoms with Crippen molar-refractivity contribution in [3.05, 3.63) is 30.3 Å². The second-order valence-electron chi connectivity index (χ2n) is 7.66. The molecule has 0 unspecified atom stereocenters. The third-order valence-corrected chi connectivity index (χ3v) is 5.87. The summed E-state index contributed by atoms with van der Waals surface area (Å²) >= 11 is 0. The number of piperazine rings is 1. The number of aromatic nitrogens is 2. The summed E-state index contributed by atoms with van der Waals surface area (Å²) in [6.45, 7) is 2.83. The van der Waals surface area contributed by atoms with Crippen LogP contribution in [0.2, 0.25) is 0 Å². The fourth-order valence-electron chi connectivity index (χ4n) is 4.24. The lowest BCUT2D eigenvalue weighted by Crippen LogP contribution is -2.50. The standard InChI is InChI=1S/C21H27N5O2/c22-20-18(14-17(23-24-20)16-8-4-5-9-19(16)27)25-10-12-26(13-11-25)21(28)15-6-2-1-3-7-15/h4-5,8-9,14-15,27H,1-3,6-7,10-13H2,(H2,22,24). The van der Waals surface area contributed by atoms with Crippen molar-refractivity contribution in [3.63, 3.8) is 0 Å². The summed E-state index contributed by atoms with van der Waals surface area (Å²) in [5, 5.41) is 18.3. The van der Waals surface area contributed by atoms with Crippen LogP contribution in [0.1, 0.15) is 32.1 Å². The molecule has 7 heteroatoms. The first-order valence-electron chi connectivity index (χ1n) is 10.1. The fourth-order valence-corrected chi connectivity index (χ4v) is 4.24. The number of carbonyl (C=O) groups excluding carboxylic acids is 1. The average molecular weight is 381 g/mol. The summed E-state index contributed by atoms with van der Waals surface area (Å²) in [6.07, 6.45) is 5.66. The average Bonchev–Trinajstić information content (AvgIpc) is 2.75. The van der Waals surface area contributed by atoms with E-state index in [-0.39, 0.29) is 11.7 Å². The number of hydrogen-bond donors (Lipinski definition) is 2. The van der Waals surface area contributed by atoms with Crippen LogP contribution >= 0.6 is 0 Å². The quantitative estimate of drug-likeness (QED) is 0.849. The van der Waals surface area contributed by atoms with Gasteiger partial charge in [0.1, 0.15) is 5.75 Å². The van der Waals surface area contributed by atoms with E-state index >= 15 is 0 Å². The zero-order chi connectivity index (χ0) is 19.5. The van der Waals surface area contributed by atoms with Gasteiger partial charge in [-0.3, -0.25) is 4.79 Å². The first kappa shape index (κ1) is 18.5. The minimum Gasteiger partial charge on any atom is -0.507 e. The van der Waals surface area contributed by atoms with Crippen LogP contribution in [0, 0.1) is 5.92 Å². The molecule has 0 bridgehead atoms. The maximum absolute atomic E-state index is 12.8. The number of rotatable bonds is 3. The van der Waals surface area contributed by atoms with E-state index in [0.717, 1.165) is 18.5 Å². The van der Waals surface area contributed by atoms with Gasteiger partial charge in [0.05, 0.1) is 11.4 Å². The van der Waals surface area contributed by atoms with Gasteiger partial charge in [-0.2, -0.15) is 0 Å². The lowest BCUT2D eigenvalue weighted by Gasteiger charge is -2.38. The largest absolute Gasteiger partial charge is 0.507 e. The number of aromatic hydroxyl groups is 1. The highest BCUT2D eigenvalue weighted by atomic mass is 16.3. The number of nitrogen functional groups attached to an aromatic ring is 1. The zero-order valence-electron chi connectivity index (χ0n) is 16.0. The van der Waals surface area contributed by atoms with E-state index in [1.165, 1.54) is 19.3 Å². The molecular formula is C21H27N5O2. The predicted octanol–water partition coefficient (Wildman–Crippen LogP) is 2.66. The number of carbonyl (C=O) groups is 1. The number of phenolic OH excluding ortho intramolecular Hbond substituents is 1. The molecule has 3 N–H and O–H groups in total. The smallest absolute Gasteiger partial charge is 0.225 e. The summed E-state index contributed by atoms with van der Waals surface area (Å²) in [5.41, 5.74) is 8.11. The van der Waals surface area contributed by atoms with E-state index in [2.05, 4.69) is 15.1 Å². The lowest BCUT2D eigenvalue weighted by atomic mass is 9.88. The first-order chi connectivity index (χ1) is 13.6. The molecule has 2 heterocycles. The van der Waals surface area contributed by atoms with E-state index in [1.807, 2.05) is 17.0 Å². The second-order valence-corrected chi connectivity index (χ2v) is 7.66. The Labute approximate surface area is 165 Å². The molecule has 2 aromatic rings. The molecule has 148 valence electrons. The third-order valence-electron chi connectivity index (χ3n) is 5.87. The molecule has 7 nitrogen and oxygen atoms in total. The Hall–Kier alpha value is -2.83. The Morgan fingerprint density at radius 3 is 2.46 bits per heavy atom. The van der Waals surface area contributed by atoms with Gasteiger partial charge in [-0.25, -0.2) is 0 Å². The molecule has 1 saturated carbocycles. The number of anilines is 2. The van der Waals surface area contributed by atoms with Gasteiger partial charge in [0, 0.05) is 37.7 Å². The number of nitrogens with two attached hydrogens (primary N) is 1. The molecule has 2 fully saturated rings. The van der Waals surface area contributed by atoms with Crippen LogP contribution in [0.4, 0.5) is 11.5 Å². The van der Waals surface area contributed by atoms with Gasteiger partial charge in [-0.1, -0.05) is 31.4 Å². The molecule has 1 amide bonds. The van der Waals surface area contributed by atoms with Crippen molar-refractivity contribution in [3.8, 4) is 17.0 Å². The number of benzene rings is 1. The van der Waals surface area contributed by atoms with Crippen molar-refractivity contribution >= 4 is 17.4 Å². The van der Waals surface area contributed by atoms with Gasteiger partial charge in [-0.15, -0.1) is 10.2 Å². The van der Waals surface area contributed by atoms with Gasteiger partial charge in [0.25, 0.3) is 0 Å². The van der Waals surface area contributed by atoms with Gasteiger partial charge < -0.3 is 20.6 Å². The number of phenols is 1. The Bertz CT molecular complexity index is 842. The summed E-state index contributed by atoms with van der Waals surface area (Å²) in [6, 6.07) is 8.92. The predicted molar refractivity (Wildman–Crippen MR) is 109 cm³/mol. The molecule has 1 aliphatic heterocycles. The lowest BCUT2D eigenvalue weighted by molar-refractivity contribution is -0.136. The Kier molecular flexibility index (Phi) is 5.32. The molecule has 1 aliphatic carbocycles. The Balaban J connectivity index is 1.46. The van der Waals surface area contributed by atoms with Crippen LogP contribution in [-0.4, -0.2) is 52.3 Å². The molecule has 4 rings (SSSR count). The molecular weight excluding hydrogens is 354 g/mol. The number of hydrogen-bond acceptors (Lipinski definition) is 6. The van der Waals surface area contributed by atoms with Crippen molar-refractivity contribution in [2.24, 2.45) is 5.92 Å². The SMILES string of the molecule is Nc1nnc(-c2ccccc2O)cc1N1CCN(C(=O)C2CCCCC2)CC1. The van der Waals surface area contributed by atoms with Crippen molar-refractivity contribution in [2.45, 2.75) is 32.1 Å². The van der Waals surface area contributed by atoms with Gasteiger partial charge in [-0.05, 0) is 31.0 Å². The van der Waals surface area contributed by atoms with Crippen molar-refractivity contribution < 1.29 is 9.90 Å². The van der Waals surface area contributed by atoms with Gasteiger partial charge in [0.15, 0.2) is 5.82 Å². The summed E-state index contributed by atoms with van der Waals surface area (Å²) in [5.74, 6) is 1.05. The second kappa shape index (κ2) is 8.04. The van der Waals surface area contributed by atoms with Crippen molar-refractivity contribution in [1.29, 1.82) is 0 Å². The molecule has 1 aromatic carbocycles. The minimum absolute atomic E-state index is 0.162. The van der Waals surface area contributed by atoms with Crippen molar-refractivity contribution in [2.75, 3.05) is 36.8 Å². The number of amides is 1. The molecule has 0 atom stereocenters. The van der Waals surface area contributed by atoms with Crippen LogP contribution in [-0.2, 0) is 4.79 Å². The summed E-state index contributed by atoms with van der Waals surface area (Å²) in [7, 11) is 0. The highest BCUT2D eigenvalue weighted by Gasteiger charge is 2.29. The summed E-state index contributed by atoms with van der Waals surface area (Å²) < 4.78 is 0. The van der Waals surface area contributed by atoms with Crippen LogP contribution in [0.3, 0.4) is 0 Å². The normalized spacial score (nSPS) is 18.3. The Morgan fingerprint density at radius 2 is 1.75 bits per heavy atom. The molecule has 2 aliphatic rings. The monoisotopic (exact) mass is 381 g/mol. The van der Waals surface area contributed by atoms with Crippen LogP contribution in [0.15, 0.2) is 30.3 Å². The number of nitrogens with zero attached hydrogens (tertiary/aromatic N) is 4. The number of para-hydroxylation sites is 1. The van der Waals surface area contributed by atoms with E-state index < -0.39 is 0 Å². The third kappa shape index (κ3) is 3.74. The van der Waals surface area contributed by atoms with Gasteiger partial charge in [0.2, 0.25) is 5.91 Å². The van der Waals surface area contributed by atoms with E-state index in [0.29, 0.717) is 49.2 Å². The molecule has 1 aromatic heterocycles. The van der Waals surface area contributed by atoms with Crippen LogP contribution in [0.5, 0.6) is 5.75 Å². The van der Waals surface area contributed by atoms with E-state index in [4.69, 9.17) is 5.73 Å². The minimum atomic E-state index is 0.162. The van der Waals surface area contributed by atoms with Crippen LogP contribution < -0.4 is 10.6 Å². The molecule has 0 radical (unpaired) electrons. The maximum Gasteiger partial charge on any atom is 0.225 e. The topological polar surface area (TPSA) is 95.6 Å². The summed E-state index contributed by atoms with van der Waals surface area (Å²) in [4.78, 5) is 16.9. The molecule has 1 saturated heterocycles. The fraction of sp³-hybridized carbons (Fsp3) is 0.476.